The number of aryl methyl sites for hydroxylation is 1. The van der Waals surface area contributed by atoms with Gasteiger partial charge in [-0.25, -0.2) is 0 Å². The van der Waals surface area contributed by atoms with E-state index < -0.39 is 0 Å². The Morgan fingerprint density at radius 2 is 1.95 bits per heavy atom. The van der Waals surface area contributed by atoms with Crippen LogP contribution in [0.4, 0.5) is 0 Å². The summed E-state index contributed by atoms with van der Waals surface area (Å²) in [5, 5.41) is 1.03. The number of nitrogens with two attached hydrogens (primary N) is 1. The van der Waals surface area contributed by atoms with Crippen molar-refractivity contribution in [1.82, 2.24) is 0 Å². The molecule has 0 heterocycles. The van der Waals surface area contributed by atoms with Gasteiger partial charge in [-0.2, -0.15) is 0 Å². The first kappa shape index (κ1) is 14.7. The standard InChI is InChI=1S/C14H12BrCl2NO/c1-8-3-2-4-9(7-18)14(8)19-13-6-11(16)10(15)5-12(13)17/h2-6H,7,18H2,1H3. The minimum absolute atomic E-state index is 0.402. The summed E-state index contributed by atoms with van der Waals surface area (Å²) >= 11 is 15.5. The van der Waals surface area contributed by atoms with Gasteiger partial charge >= 0.3 is 0 Å². The SMILES string of the molecule is Cc1cccc(CN)c1Oc1cc(Cl)c(Br)cc1Cl. The summed E-state index contributed by atoms with van der Waals surface area (Å²) in [5.74, 6) is 1.24. The topological polar surface area (TPSA) is 35.2 Å². The van der Waals surface area contributed by atoms with Crippen molar-refractivity contribution < 1.29 is 4.74 Å². The Morgan fingerprint density at radius 3 is 2.63 bits per heavy atom. The van der Waals surface area contributed by atoms with E-state index in [4.69, 9.17) is 33.7 Å². The third kappa shape index (κ3) is 3.23. The average molecular weight is 361 g/mol. The lowest BCUT2D eigenvalue weighted by Gasteiger charge is -2.14. The molecule has 2 rings (SSSR count). The maximum atomic E-state index is 6.15. The number of hydrogen-bond donors (Lipinski definition) is 1. The molecule has 0 aliphatic rings. The van der Waals surface area contributed by atoms with Crippen LogP contribution >= 0.6 is 39.1 Å². The number of benzene rings is 2. The zero-order valence-electron chi connectivity index (χ0n) is 10.2. The average Bonchev–Trinajstić information content (AvgIpc) is 2.38. The first-order chi connectivity index (χ1) is 9.02. The van der Waals surface area contributed by atoms with Gasteiger partial charge in [0.05, 0.1) is 10.0 Å². The normalized spacial score (nSPS) is 10.6. The smallest absolute Gasteiger partial charge is 0.147 e. The van der Waals surface area contributed by atoms with Gasteiger partial charge in [0.1, 0.15) is 11.5 Å². The van der Waals surface area contributed by atoms with Gasteiger partial charge in [0.25, 0.3) is 0 Å². The molecule has 0 saturated heterocycles. The van der Waals surface area contributed by atoms with Gasteiger partial charge in [-0.05, 0) is 34.5 Å². The molecular weight excluding hydrogens is 349 g/mol. The van der Waals surface area contributed by atoms with Gasteiger partial charge in [0, 0.05) is 22.6 Å². The molecular formula is C14H12BrCl2NO. The van der Waals surface area contributed by atoms with E-state index >= 15 is 0 Å². The predicted molar refractivity (Wildman–Crippen MR) is 83.3 cm³/mol. The summed E-state index contributed by atoms with van der Waals surface area (Å²) in [6, 6.07) is 9.22. The van der Waals surface area contributed by atoms with Gasteiger partial charge < -0.3 is 10.5 Å². The first-order valence-corrected chi connectivity index (χ1v) is 7.18. The lowest BCUT2D eigenvalue weighted by molar-refractivity contribution is 0.473. The summed E-state index contributed by atoms with van der Waals surface area (Å²) in [5.41, 5.74) is 7.64. The van der Waals surface area contributed by atoms with Crippen LogP contribution in [-0.2, 0) is 6.54 Å². The van der Waals surface area contributed by atoms with Gasteiger partial charge in [-0.3, -0.25) is 0 Å². The third-order valence-corrected chi connectivity index (χ3v) is 4.19. The Hall–Kier alpha value is -0.740. The molecule has 5 heteroatoms. The van der Waals surface area contributed by atoms with Crippen LogP contribution in [0.25, 0.3) is 0 Å². The zero-order valence-corrected chi connectivity index (χ0v) is 13.3. The summed E-state index contributed by atoms with van der Waals surface area (Å²) in [7, 11) is 0. The molecule has 0 aliphatic heterocycles. The molecule has 19 heavy (non-hydrogen) atoms. The lowest BCUT2D eigenvalue weighted by atomic mass is 10.1. The highest BCUT2D eigenvalue weighted by molar-refractivity contribution is 9.10. The molecule has 2 nitrogen and oxygen atoms in total. The van der Waals surface area contributed by atoms with Crippen LogP contribution in [0, 0.1) is 6.92 Å². The fraction of sp³-hybridized carbons (Fsp3) is 0.143. The van der Waals surface area contributed by atoms with Crippen molar-refractivity contribution in [1.29, 1.82) is 0 Å². The molecule has 2 N–H and O–H groups in total. The number of halogens is 3. The Balaban J connectivity index is 2.44. The largest absolute Gasteiger partial charge is 0.455 e. The van der Waals surface area contributed by atoms with E-state index in [1.807, 2.05) is 25.1 Å². The van der Waals surface area contributed by atoms with Crippen molar-refractivity contribution in [2.24, 2.45) is 5.73 Å². The van der Waals surface area contributed by atoms with E-state index in [1.54, 1.807) is 12.1 Å². The fourth-order valence-corrected chi connectivity index (χ4v) is 2.54. The summed E-state index contributed by atoms with van der Waals surface area (Å²) in [6.45, 7) is 2.36. The minimum Gasteiger partial charge on any atom is -0.455 e. The van der Waals surface area contributed by atoms with Crippen molar-refractivity contribution >= 4 is 39.1 Å². The first-order valence-electron chi connectivity index (χ1n) is 5.64. The summed E-state index contributed by atoms with van der Waals surface area (Å²) < 4.78 is 6.61. The Kier molecular flexibility index (Phi) is 4.74. The molecule has 0 fully saturated rings. The molecule has 2 aromatic rings. The van der Waals surface area contributed by atoms with Crippen molar-refractivity contribution in [3.05, 3.63) is 56.0 Å². The van der Waals surface area contributed by atoms with Crippen molar-refractivity contribution in [2.45, 2.75) is 13.5 Å². The molecule has 0 saturated carbocycles. The second kappa shape index (κ2) is 6.14. The molecule has 0 atom stereocenters. The number of rotatable bonds is 3. The molecule has 2 aromatic carbocycles. The van der Waals surface area contributed by atoms with Gasteiger partial charge in [-0.1, -0.05) is 41.4 Å². The molecule has 0 spiro atoms. The highest BCUT2D eigenvalue weighted by Crippen LogP contribution is 2.38. The molecule has 0 bridgehead atoms. The zero-order chi connectivity index (χ0) is 14.0. The second-order valence-corrected chi connectivity index (χ2v) is 5.73. The van der Waals surface area contributed by atoms with E-state index in [2.05, 4.69) is 15.9 Å². The highest BCUT2D eigenvalue weighted by atomic mass is 79.9. The highest BCUT2D eigenvalue weighted by Gasteiger charge is 2.11. The van der Waals surface area contributed by atoms with Gasteiger partial charge in [0.15, 0.2) is 0 Å². The minimum atomic E-state index is 0.402. The van der Waals surface area contributed by atoms with Crippen LogP contribution in [0.2, 0.25) is 10.0 Å². The van der Waals surface area contributed by atoms with E-state index in [1.165, 1.54) is 0 Å². The second-order valence-electron chi connectivity index (χ2n) is 4.07. The molecule has 0 aromatic heterocycles. The van der Waals surface area contributed by atoms with Crippen LogP contribution in [0.1, 0.15) is 11.1 Å². The van der Waals surface area contributed by atoms with Crippen molar-refractivity contribution in [3.8, 4) is 11.5 Å². The molecule has 0 unspecified atom stereocenters. The molecule has 0 radical (unpaired) electrons. The summed E-state index contributed by atoms with van der Waals surface area (Å²) in [4.78, 5) is 0. The van der Waals surface area contributed by atoms with Crippen LogP contribution < -0.4 is 10.5 Å². The third-order valence-electron chi connectivity index (χ3n) is 2.70. The number of ether oxygens (including phenoxy) is 1. The lowest BCUT2D eigenvalue weighted by Crippen LogP contribution is -2.01. The molecule has 0 aliphatic carbocycles. The van der Waals surface area contributed by atoms with E-state index in [0.29, 0.717) is 22.3 Å². The number of para-hydroxylation sites is 1. The van der Waals surface area contributed by atoms with Crippen molar-refractivity contribution in [2.75, 3.05) is 0 Å². The van der Waals surface area contributed by atoms with Crippen LogP contribution in [0.5, 0.6) is 11.5 Å². The monoisotopic (exact) mass is 359 g/mol. The Morgan fingerprint density at radius 1 is 1.21 bits per heavy atom. The van der Waals surface area contributed by atoms with Crippen molar-refractivity contribution in [3.63, 3.8) is 0 Å². The van der Waals surface area contributed by atoms with Gasteiger partial charge in [0.2, 0.25) is 0 Å². The molecule has 0 amide bonds. The van der Waals surface area contributed by atoms with Crippen LogP contribution in [0.15, 0.2) is 34.8 Å². The Labute approximate surface area is 130 Å². The maximum absolute atomic E-state index is 6.15. The fourth-order valence-electron chi connectivity index (χ4n) is 1.71. The Bertz CT molecular complexity index is 617. The number of hydrogen-bond acceptors (Lipinski definition) is 2. The summed E-state index contributed by atoms with van der Waals surface area (Å²) in [6.07, 6.45) is 0. The molecule has 100 valence electrons. The van der Waals surface area contributed by atoms with Crippen LogP contribution in [0.3, 0.4) is 0 Å². The van der Waals surface area contributed by atoms with E-state index in [9.17, 15) is 0 Å². The van der Waals surface area contributed by atoms with E-state index in [0.717, 1.165) is 21.3 Å². The van der Waals surface area contributed by atoms with Crippen LogP contribution in [-0.4, -0.2) is 0 Å². The predicted octanol–water partition coefficient (Wildman–Crippen LogP) is 5.32. The maximum Gasteiger partial charge on any atom is 0.147 e. The van der Waals surface area contributed by atoms with Gasteiger partial charge in [-0.15, -0.1) is 0 Å². The quantitative estimate of drug-likeness (QED) is 0.752. The van der Waals surface area contributed by atoms with E-state index in [-0.39, 0.29) is 0 Å².